The molecule has 0 bridgehead atoms. The number of benzene rings is 2. The number of aromatic nitrogens is 2. The largest absolute Gasteiger partial charge is 0.508 e. The van der Waals surface area contributed by atoms with Gasteiger partial charge in [-0.1, -0.05) is 41.6 Å². The number of rotatable bonds is 5. The van der Waals surface area contributed by atoms with Gasteiger partial charge in [-0.2, -0.15) is 0 Å². The van der Waals surface area contributed by atoms with E-state index >= 15 is 0 Å². The van der Waals surface area contributed by atoms with Crippen molar-refractivity contribution in [1.29, 1.82) is 0 Å². The summed E-state index contributed by atoms with van der Waals surface area (Å²) in [6.45, 7) is 0. The van der Waals surface area contributed by atoms with Gasteiger partial charge in [-0.05, 0) is 24.3 Å². The molecule has 0 unspecified atom stereocenters. The Kier molecular flexibility index (Phi) is 5.02. The highest BCUT2D eigenvalue weighted by molar-refractivity contribution is 7.99. The van der Waals surface area contributed by atoms with Crippen LogP contribution in [0.2, 0.25) is 5.02 Å². The topological polar surface area (TPSA) is 88.2 Å². The second-order valence-electron chi connectivity index (χ2n) is 4.74. The van der Waals surface area contributed by atoms with Crippen LogP contribution in [0, 0.1) is 0 Å². The number of anilines is 1. The van der Waals surface area contributed by atoms with Crippen LogP contribution in [0.25, 0.3) is 11.5 Å². The van der Waals surface area contributed by atoms with E-state index in [0.717, 1.165) is 11.8 Å². The third-order valence-corrected chi connectivity index (χ3v) is 4.12. The molecule has 1 aromatic heterocycles. The summed E-state index contributed by atoms with van der Waals surface area (Å²) in [5.74, 6) is 0.237. The van der Waals surface area contributed by atoms with E-state index in [0.29, 0.717) is 22.2 Å². The maximum atomic E-state index is 11.9. The zero-order valence-electron chi connectivity index (χ0n) is 12.3. The van der Waals surface area contributed by atoms with Crippen LogP contribution in [-0.2, 0) is 4.79 Å². The highest BCUT2D eigenvalue weighted by Gasteiger charge is 2.13. The molecule has 1 amide bonds. The van der Waals surface area contributed by atoms with Crippen LogP contribution in [0.1, 0.15) is 0 Å². The molecule has 0 radical (unpaired) electrons. The maximum Gasteiger partial charge on any atom is 0.277 e. The average molecular weight is 362 g/mol. The van der Waals surface area contributed by atoms with Crippen LogP contribution in [-0.4, -0.2) is 27.0 Å². The number of phenolic OH excluding ortho intramolecular Hbond substituents is 1. The molecule has 1 heterocycles. The fraction of sp³-hybridized carbons (Fsp3) is 0.0625. The second kappa shape index (κ2) is 7.37. The highest BCUT2D eigenvalue weighted by Crippen LogP contribution is 2.28. The van der Waals surface area contributed by atoms with Gasteiger partial charge in [0, 0.05) is 11.8 Å². The molecule has 2 N–H and O–H groups in total. The Morgan fingerprint density at radius 3 is 2.83 bits per heavy atom. The number of hydrogen-bond acceptors (Lipinski definition) is 6. The van der Waals surface area contributed by atoms with E-state index in [9.17, 15) is 9.90 Å². The van der Waals surface area contributed by atoms with E-state index < -0.39 is 0 Å². The molecule has 0 atom stereocenters. The van der Waals surface area contributed by atoms with Crippen molar-refractivity contribution in [1.82, 2.24) is 10.2 Å². The minimum atomic E-state index is -0.247. The second-order valence-corrected chi connectivity index (χ2v) is 6.07. The van der Waals surface area contributed by atoms with E-state index in [4.69, 9.17) is 16.0 Å². The molecule has 24 heavy (non-hydrogen) atoms. The first-order valence-electron chi connectivity index (χ1n) is 6.92. The molecule has 6 nitrogen and oxygen atoms in total. The Morgan fingerprint density at radius 2 is 2.04 bits per heavy atom. The number of halogens is 1. The smallest absolute Gasteiger partial charge is 0.277 e. The summed E-state index contributed by atoms with van der Waals surface area (Å²) in [4.78, 5) is 11.9. The number of carbonyl (C=O) groups excluding carboxylic acids is 1. The zero-order valence-corrected chi connectivity index (χ0v) is 13.8. The summed E-state index contributed by atoms with van der Waals surface area (Å²) in [5, 5.41) is 20.7. The van der Waals surface area contributed by atoms with Crippen LogP contribution in [0.15, 0.2) is 58.2 Å². The minimum absolute atomic E-state index is 0.0849. The van der Waals surface area contributed by atoms with Crippen LogP contribution in [0.5, 0.6) is 5.75 Å². The van der Waals surface area contributed by atoms with E-state index in [1.165, 1.54) is 12.1 Å². The first-order valence-corrected chi connectivity index (χ1v) is 8.28. The molecule has 0 saturated heterocycles. The van der Waals surface area contributed by atoms with Gasteiger partial charge in [0.1, 0.15) is 5.75 Å². The van der Waals surface area contributed by atoms with Crippen molar-refractivity contribution in [3.8, 4) is 17.2 Å². The van der Waals surface area contributed by atoms with Gasteiger partial charge < -0.3 is 14.8 Å². The van der Waals surface area contributed by atoms with Crippen LogP contribution < -0.4 is 5.32 Å². The summed E-state index contributed by atoms with van der Waals surface area (Å²) in [5.41, 5.74) is 1.16. The number of nitrogens with zero attached hydrogens (tertiary/aromatic N) is 2. The van der Waals surface area contributed by atoms with Crippen molar-refractivity contribution in [2.24, 2.45) is 0 Å². The van der Waals surface area contributed by atoms with E-state index in [-0.39, 0.29) is 22.6 Å². The van der Waals surface area contributed by atoms with Gasteiger partial charge in [0.15, 0.2) is 0 Å². The van der Waals surface area contributed by atoms with Gasteiger partial charge in [-0.25, -0.2) is 0 Å². The third kappa shape index (κ3) is 4.06. The Balaban J connectivity index is 1.59. The number of thioether (sulfide) groups is 1. The van der Waals surface area contributed by atoms with Gasteiger partial charge in [0.2, 0.25) is 11.8 Å². The number of nitrogens with one attached hydrogen (secondary N) is 1. The number of aromatic hydroxyl groups is 1. The lowest BCUT2D eigenvalue weighted by atomic mass is 10.2. The molecule has 0 fully saturated rings. The number of carbonyl (C=O) groups is 1. The maximum absolute atomic E-state index is 11.9. The zero-order chi connectivity index (χ0) is 16.9. The van der Waals surface area contributed by atoms with Crippen LogP contribution >= 0.6 is 23.4 Å². The SMILES string of the molecule is O=C(CSc1nnc(-c2ccccc2Cl)o1)Nc1cccc(O)c1. The van der Waals surface area contributed by atoms with Crippen LogP contribution in [0.4, 0.5) is 5.69 Å². The Hall–Kier alpha value is -2.51. The molecule has 0 aliphatic rings. The molecule has 3 rings (SSSR count). The van der Waals surface area contributed by atoms with E-state index in [1.807, 2.05) is 12.1 Å². The molecular weight excluding hydrogens is 350 g/mol. The summed E-state index contributed by atoms with van der Waals surface area (Å²) in [6.07, 6.45) is 0. The highest BCUT2D eigenvalue weighted by atomic mass is 35.5. The standard InChI is InChI=1S/C16H12ClN3O3S/c17-13-7-2-1-6-12(13)15-19-20-16(23-15)24-9-14(22)18-10-4-3-5-11(21)8-10/h1-8,21H,9H2,(H,18,22). The molecule has 8 heteroatoms. The molecule has 2 aromatic carbocycles. The first kappa shape index (κ1) is 16.4. The Morgan fingerprint density at radius 1 is 1.21 bits per heavy atom. The molecule has 0 saturated carbocycles. The Labute approximate surface area is 146 Å². The predicted molar refractivity (Wildman–Crippen MR) is 92.2 cm³/mol. The molecule has 3 aromatic rings. The van der Waals surface area contributed by atoms with Gasteiger partial charge >= 0.3 is 0 Å². The minimum Gasteiger partial charge on any atom is -0.508 e. The van der Waals surface area contributed by atoms with Crippen LogP contribution in [0.3, 0.4) is 0 Å². The fourth-order valence-corrected chi connectivity index (χ4v) is 2.70. The molecule has 0 spiro atoms. The summed E-state index contributed by atoms with van der Waals surface area (Å²) in [7, 11) is 0. The molecule has 0 aliphatic carbocycles. The van der Waals surface area contributed by atoms with Gasteiger partial charge in [-0.3, -0.25) is 4.79 Å². The quantitative estimate of drug-likeness (QED) is 0.671. The lowest BCUT2D eigenvalue weighted by molar-refractivity contribution is -0.113. The van der Waals surface area contributed by atoms with Crippen molar-refractivity contribution >= 4 is 35.0 Å². The van der Waals surface area contributed by atoms with Gasteiger partial charge in [0.25, 0.3) is 5.22 Å². The third-order valence-electron chi connectivity index (χ3n) is 2.97. The summed E-state index contributed by atoms with van der Waals surface area (Å²) in [6, 6.07) is 13.5. The number of hydrogen-bond donors (Lipinski definition) is 2. The average Bonchev–Trinajstić information content (AvgIpc) is 3.02. The van der Waals surface area contributed by atoms with Crippen molar-refractivity contribution in [3.05, 3.63) is 53.6 Å². The normalized spacial score (nSPS) is 10.5. The number of phenols is 1. The summed E-state index contributed by atoms with van der Waals surface area (Å²) >= 11 is 7.19. The molecule has 122 valence electrons. The van der Waals surface area contributed by atoms with Gasteiger partial charge in [0.05, 0.1) is 16.3 Å². The molecular formula is C16H12ClN3O3S. The van der Waals surface area contributed by atoms with E-state index in [2.05, 4.69) is 15.5 Å². The predicted octanol–water partition coefficient (Wildman–Crippen LogP) is 3.83. The first-order chi connectivity index (χ1) is 11.6. The van der Waals surface area contributed by atoms with E-state index in [1.54, 1.807) is 24.3 Å². The molecule has 0 aliphatic heterocycles. The lowest BCUT2D eigenvalue weighted by Crippen LogP contribution is -2.13. The van der Waals surface area contributed by atoms with Crippen molar-refractivity contribution in [2.45, 2.75) is 5.22 Å². The van der Waals surface area contributed by atoms with Crippen molar-refractivity contribution in [2.75, 3.05) is 11.1 Å². The fourth-order valence-electron chi connectivity index (χ4n) is 1.92. The number of amides is 1. The monoisotopic (exact) mass is 361 g/mol. The lowest BCUT2D eigenvalue weighted by Gasteiger charge is -2.04. The Bertz CT molecular complexity index is 869. The van der Waals surface area contributed by atoms with Crippen molar-refractivity contribution < 1.29 is 14.3 Å². The summed E-state index contributed by atoms with van der Waals surface area (Å²) < 4.78 is 5.51. The van der Waals surface area contributed by atoms with Gasteiger partial charge in [-0.15, -0.1) is 10.2 Å². The van der Waals surface area contributed by atoms with Crippen molar-refractivity contribution in [3.63, 3.8) is 0 Å².